The van der Waals surface area contributed by atoms with Crippen molar-refractivity contribution in [3.63, 3.8) is 0 Å². The second-order valence-corrected chi connectivity index (χ2v) is 6.14. The van der Waals surface area contributed by atoms with Gasteiger partial charge in [0.15, 0.2) is 0 Å². The van der Waals surface area contributed by atoms with Gasteiger partial charge in [-0.25, -0.2) is 0 Å². The first-order valence-electron chi connectivity index (χ1n) is 8.06. The van der Waals surface area contributed by atoms with Crippen LogP contribution >= 0.6 is 0 Å². The molecule has 1 aromatic heterocycles. The molecule has 2 heterocycles. The van der Waals surface area contributed by atoms with E-state index in [0.29, 0.717) is 24.7 Å². The van der Waals surface area contributed by atoms with Crippen LogP contribution in [0.15, 0.2) is 36.5 Å². The van der Waals surface area contributed by atoms with Crippen molar-refractivity contribution in [1.29, 1.82) is 0 Å². The van der Waals surface area contributed by atoms with E-state index in [-0.39, 0.29) is 0 Å². The standard InChI is InChI=1S/C18H25N3/c1-3-16-8-6-13(2)21(16)18(12-19)15-7-9-17-14(11-15)5-4-10-20-17/h4-5,7,9-11,13,16,18H,3,6,8,12,19H2,1-2H3. The lowest BCUT2D eigenvalue weighted by Gasteiger charge is -2.35. The highest BCUT2D eigenvalue weighted by Crippen LogP contribution is 2.35. The molecule has 1 fully saturated rings. The van der Waals surface area contributed by atoms with Gasteiger partial charge in [-0.05, 0) is 49.9 Å². The fraction of sp³-hybridized carbons (Fsp3) is 0.500. The van der Waals surface area contributed by atoms with Gasteiger partial charge in [-0.3, -0.25) is 9.88 Å². The van der Waals surface area contributed by atoms with Crippen molar-refractivity contribution >= 4 is 10.9 Å². The van der Waals surface area contributed by atoms with Gasteiger partial charge < -0.3 is 5.73 Å². The molecule has 1 saturated heterocycles. The van der Waals surface area contributed by atoms with E-state index >= 15 is 0 Å². The summed E-state index contributed by atoms with van der Waals surface area (Å²) in [6, 6.07) is 12.3. The highest BCUT2D eigenvalue weighted by Gasteiger charge is 2.34. The van der Waals surface area contributed by atoms with Crippen molar-refractivity contribution in [2.24, 2.45) is 5.73 Å². The Kier molecular flexibility index (Phi) is 4.22. The maximum atomic E-state index is 6.15. The quantitative estimate of drug-likeness (QED) is 0.934. The molecule has 1 aliphatic heterocycles. The second kappa shape index (κ2) is 6.12. The summed E-state index contributed by atoms with van der Waals surface area (Å²) < 4.78 is 0. The Hall–Kier alpha value is -1.45. The van der Waals surface area contributed by atoms with Crippen molar-refractivity contribution < 1.29 is 0 Å². The van der Waals surface area contributed by atoms with Crippen molar-refractivity contribution in [2.75, 3.05) is 6.54 Å². The first-order valence-corrected chi connectivity index (χ1v) is 8.06. The van der Waals surface area contributed by atoms with E-state index in [1.54, 1.807) is 0 Å². The van der Waals surface area contributed by atoms with Gasteiger partial charge in [0.25, 0.3) is 0 Å². The highest BCUT2D eigenvalue weighted by molar-refractivity contribution is 5.79. The van der Waals surface area contributed by atoms with E-state index in [1.807, 2.05) is 12.3 Å². The van der Waals surface area contributed by atoms with Gasteiger partial charge in [0, 0.05) is 36.3 Å². The molecule has 2 N–H and O–H groups in total. The van der Waals surface area contributed by atoms with E-state index in [2.05, 4.69) is 48.0 Å². The summed E-state index contributed by atoms with van der Waals surface area (Å²) in [4.78, 5) is 7.04. The van der Waals surface area contributed by atoms with Gasteiger partial charge in [-0.1, -0.05) is 19.1 Å². The molecule has 1 aromatic carbocycles. The summed E-state index contributed by atoms with van der Waals surface area (Å²) in [6.45, 7) is 5.29. The average molecular weight is 283 g/mol. The summed E-state index contributed by atoms with van der Waals surface area (Å²) in [5.74, 6) is 0. The predicted octanol–water partition coefficient (Wildman–Crippen LogP) is 3.50. The third-order valence-corrected chi connectivity index (χ3v) is 4.91. The van der Waals surface area contributed by atoms with E-state index in [1.165, 1.54) is 30.2 Å². The van der Waals surface area contributed by atoms with E-state index < -0.39 is 0 Å². The monoisotopic (exact) mass is 283 g/mol. The van der Waals surface area contributed by atoms with Gasteiger partial charge in [-0.2, -0.15) is 0 Å². The van der Waals surface area contributed by atoms with Gasteiger partial charge in [0.2, 0.25) is 0 Å². The SMILES string of the molecule is CCC1CCC(C)N1C(CN)c1ccc2ncccc2c1. The predicted molar refractivity (Wildman–Crippen MR) is 88.2 cm³/mol. The number of fused-ring (bicyclic) bond motifs is 1. The molecule has 0 radical (unpaired) electrons. The molecule has 0 aliphatic carbocycles. The third-order valence-electron chi connectivity index (χ3n) is 4.91. The van der Waals surface area contributed by atoms with Crippen LogP contribution in [0.2, 0.25) is 0 Å². The average Bonchev–Trinajstić information content (AvgIpc) is 2.89. The van der Waals surface area contributed by atoms with Gasteiger partial charge in [-0.15, -0.1) is 0 Å². The Morgan fingerprint density at radius 2 is 2.19 bits per heavy atom. The zero-order chi connectivity index (χ0) is 14.8. The second-order valence-electron chi connectivity index (χ2n) is 6.14. The Morgan fingerprint density at radius 1 is 1.33 bits per heavy atom. The number of hydrogen-bond acceptors (Lipinski definition) is 3. The fourth-order valence-corrected chi connectivity index (χ4v) is 3.80. The first kappa shape index (κ1) is 14.5. The molecule has 3 heteroatoms. The summed E-state index contributed by atoms with van der Waals surface area (Å²) in [5.41, 5.74) is 8.53. The molecular weight excluding hydrogens is 258 g/mol. The maximum absolute atomic E-state index is 6.15. The molecule has 2 aromatic rings. The zero-order valence-electron chi connectivity index (χ0n) is 13.0. The number of pyridine rings is 1. The van der Waals surface area contributed by atoms with Crippen LogP contribution in [-0.2, 0) is 0 Å². The molecule has 0 bridgehead atoms. The Labute approximate surface area is 127 Å². The normalized spacial score (nSPS) is 24.5. The summed E-state index contributed by atoms with van der Waals surface area (Å²) in [5, 5.41) is 1.20. The molecule has 112 valence electrons. The smallest absolute Gasteiger partial charge is 0.0702 e. The van der Waals surface area contributed by atoms with Gasteiger partial charge >= 0.3 is 0 Å². The van der Waals surface area contributed by atoms with Crippen molar-refractivity contribution in [1.82, 2.24) is 9.88 Å². The Bertz CT molecular complexity index is 610. The number of aromatic nitrogens is 1. The molecule has 1 aliphatic rings. The lowest BCUT2D eigenvalue weighted by Crippen LogP contribution is -2.41. The minimum Gasteiger partial charge on any atom is -0.329 e. The summed E-state index contributed by atoms with van der Waals surface area (Å²) in [6.07, 6.45) is 5.63. The van der Waals surface area contributed by atoms with E-state index in [9.17, 15) is 0 Å². The minimum atomic E-state index is 0.317. The Balaban J connectivity index is 1.97. The number of likely N-dealkylation sites (tertiary alicyclic amines) is 1. The van der Waals surface area contributed by atoms with Crippen LogP contribution in [0.5, 0.6) is 0 Å². The van der Waals surface area contributed by atoms with Crippen LogP contribution in [0.25, 0.3) is 10.9 Å². The van der Waals surface area contributed by atoms with E-state index in [4.69, 9.17) is 5.73 Å². The minimum absolute atomic E-state index is 0.317. The lowest BCUT2D eigenvalue weighted by molar-refractivity contribution is 0.137. The van der Waals surface area contributed by atoms with Crippen LogP contribution in [0.3, 0.4) is 0 Å². The largest absolute Gasteiger partial charge is 0.329 e. The lowest BCUT2D eigenvalue weighted by atomic mass is 10.0. The number of rotatable bonds is 4. The summed E-state index contributed by atoms with van der Waals surface area (Å²) in [7, 11) is 0. The van der Waals surface area contributed by atoms with E-state index in [0.717, 1.165) is 5.52 Å². The Morgan fingerprint density at radius 3 is 2.95 bits per heavy atom. The van der Waals surface area contributed by atoms with Crippen molar-refractivity contribution in [2.45, 2.75) is 51.2 Å². The number of benzene rings is 1. The van der Waals surface area contributed by atoms with Gasteiger partial charge in [0.1, 0.15) is 0 Å². The molecule has 3 unspecified atom stereocenters. The number of nitrogens with zero attached hydrogens (tertiary/aromatic N) is 2. The molecule has 3 atom stereocenters. The topological polar surface area (TPSA) is 42.1 Å². The molecular formula is C18H25N3. The summed E-state index contributed by atoms with van der Waals surface area (Å²) >= 11 is 0. The first-order chi connectivity index (χ1) is 10.2. The van der Waals surface area contributed by atoms with Gasteiger partial charge in [0.05, 0.1) is 5.52 Å². The van der Waals surface area contributed by atoms with Crippen LogP contribution in [0.1, 0.15) is 44.7 Å². The molecule has 0 saturated carbocycles. The third kappa shape index (κ3) is 2.68. The highest BCUT2D eigenvalue weighted by atomic mass is 15.2. The molecule has 0 spiro atoms. The van der Waals surface area contributed by atoms with Crippen LogP contribution in [0, 0.1) is 0 Å². The molecule has 0 amide bonds. The van der Waals surface area contributed by atoms with Crippen molar-refractivity contribution in [3.8, 4) is 0 Å². The van der Waals surface area contributed by atoms with Crippen molar-refractivity contribution in [3.05, 3.63) is 42.1 Å². The molecule has 3 nitrogen and oxygen atoms in total. The van der Waals surface area contributed by atoms with Crippen LogP contribution < -0.4 is 5.73 Å². The maximum Gasteiger partial charge on any atom is 0.0702 e. The number of nitrogens with two attached hydrogens (primary N) is 1. The fourth-order valence-electron chi connectivity index (χ4n) is 3.80. The number of hydrogen-bond donors (Lipinski definition) is 1. The van der Waals surface area contributed by atoms with Crippen LogP contribution in [-0.4, -0.2) is 28.5 Å². The van der Waals surface area contributed by atoms with Crippen LogP contribution in [0.4, 0.5) is 0 Å². The molecule has 21 heavy (non-hydrogen) atoms. The zero-order valence-corrected chi connectivity index (χ0v) is 13.0. The molecule has 3 rings (SSSR count).